The minimum absolute atomic E-state index is 0.0751. The van der Waals surface area contributed by atoms with E-state index in [0.717, 1.165) is 22.9 Å². The number of H-pyrrole nitrogens is 1. The zero-order valence-electron chi connectivity index (χ0n) is 16.2. The van der Waals surface area contributed by atoms with E-state index < -0.39 is 11.8 Å². The van der Waals surface area contributed by atoms with Gasteiger partial charge in [0, 0.05) is 29.9 Å². The fraction of sp³-hybridized carbons (Fsp3) is 0.273. The van der Waals surface area contributed by atoms with E-state index in [9.17, 15) is 14.0 Å². The summed E-state index contributed by atoms with van der Waals surface area (Å²) in [5.41, 5.74) is 2.55. The van der Waals surface area contributed by atoms with Gasteiger partial charge in [-0.1, -0.05) is 13.0 Å². The second-order valence-electron chi connectivity index (χ2n) is 6.83. The van der Waals surface area contributed by atoms with E-state index in [2.05, 4.69) is 17.2 Å². The van der Waals surface area contributed by atoms with Crippen molar-refractivity contribution in [3.63, 3.8) is 0 Å². The maximum absolute atomic E-state index is 13.1. The van der Waals surface area contributed by atoms with Crippen LogP contribution in [0.1, 0.15) is 24.5 Å². The molecule has 0 bridgehead atoms. The van der Waals surface area contributed by atoms with Crippen molar-refractivity contribution in [2.75, 3.05) is 18.5 Å². The summed E-state index contributed by atoms with van der Waals surface area (Å²) in [7, 11) is 0. The average molecular weight is 397 g/mol. The Morgan fingerprint density at radius 2 is 1.93 bits per heavy atom. The number of aliphatic hydroxyl groups is 1. The van der Waals surface area contributed by atoms with E-state index in [0.29, 0.717) is 17.7 Å². The molecule has 6 nitrogen and oxygen atoms in total. The van der Waals surface area contributed by atoms with Gasteiger partial charge in [-0.3, -0.25) is 4.79 Å². The molecule has 0 saturated heterocycles. The Morgan fingerprint density at radius 3 is 2.62 bits per heavy atom. The summed E-state index contributed by atoms with van der Waals surface area (Å²) in [6, 6.07) is 12.7. The molecule has 3 rings (SSSR count). The van der Waals surface area contributed by atoms with Crippen molar-refractivity contribution in [1.29, 1.82) is 0 Å². The standard InChI is InChI=1S/C22H24FN3O3/c1-2-15-4-9-20-16(12-15)13-17(21(28)25-20)14-26(10-3-11-27)22(29)24-19-7-5-18(23)6-8-19/h4-9,12-13,27H,2-3,10-11,14H2,1H3,(H,24,29)(H,25,28). The molecule has 2 amide bonds. The number of hydrogen-bond donors (Lipinski definition) is 3. The number of rotatable bonds is 7. The summed E-state index contributed by atoms with van der Waals surface area (Å²) in [5, 5.41) is 12.8. The predicted octanol–water partition coefficient (Wildman–Crippen LogP) is 3.65. The van der Waals surface area contributed by atoms with E-state index >= 15 is 0 Å². The van der Waals surface area contributed by atoms with Gasteiger partial charge in [0.05, 0.1) is 6.54 Å². The van der Waals surface area contributed by atoms with Gasteiger partial charge in [-0.25, -0.2) is 9.18 Å². The first-order chi connectivity index (χ1) is 14.0. The molecule has 1 aromatic heterocycles. The topological polar surface area (TPSA) is 85.4 Å². The van der Waals surface area contributed by atoms with E-state index in [1.165, 1.54) is 29.2 Å². The van der Waals surface area contributed by atoms with Gasteiger partial charge >= 0.3 is 6.03 Å². The van der Waals surface area contributed by atoms with Gasteiger partial charge in [0.1, 0.15) is 5.82 Å². The molecule has 0 radical (unpaired) electrons. The summed E-state index contributed by atoms with van der Waals surface area (Å²) >= 11 is 0. The molecular weight excluding hydrogens is 373 g/mol. The van der Waals surface area contributed by atoms with Crippen molar-refractivity contribution < 1.29 is 14.3 Å². The van der Waals surface area contributed by atoms with Crippen molar-refractivity contribution in [2.45, 2.75) is 26.3 Å². The molecule has 0 aliphatic carbocycles. The van der Waals surface area contributed by atoms with Gasteiger partial charge in [-0.05, 0) is 66.3 Å². The van der Waals surface area contributed by atoms with Crippen molar-refractivity contribution in [2.24, 2.45) is 0 Å². The highest BCUT2D eigenvalue weighted by Gasteiger charge is 2.16. The molecule has 3 N–H and O–H groups in total. The third-order valence-electron chi connectivity index (χ3n) is 4.72. The van der Waals surface area contributed by atoms with E-state index in [4.69, 9.17) is 5.11 Å². The molecule has 29 heavy (non-hydrogen) atoms. The molecule has 0 saturated carbocycles. The minimum atomic E-state index is -0.424. The summed E-state index contributed by atoms with van der Waals surface area (Å²) in [6.45, 7) is 2.35. The molecule has 1 heterocycles. The van der Waals surface area contributed by atoms with Crippen molar-refractivity contribution in [1.82, 2.24) is 9.88 Å². The molecule has 7 heteroatoms. The number of aliphatic hydroxyl groups excluding tert-OH is 1. The number of fused-ring (bicyclic) bond motifs is 1. The second kappa shape index (κ2) is 9.34. The zero-order chi connectivity index (χ0) is 20.8. The molecule has 0 spiro atoms. The van der Waals surface area contributed by atoms with Crippen LogP contribution in [0.3, 0.4) is 0 Å². The largest absolute Gasteiger partial charge is 0.396 e. The number of carbonyl (C=O) groups is 1. The number of urea groups is 1. The lowest BCUT2D eigenvalue weighted by Crippen LogP contribution is -2.37. The van der Waals surface area contributed by atoms with Crippen LogP contribution in [0.25, 0.3) is 10.9 Å². The predicted molar refractivity (Wildman–Crippen MR) is 111 cm³/mol. The van der Waals surface area contributed by atoms with Gasteiger partial charge in [0.2, 0.25) is 0 Å². The SMILES string of the molecule is CCc1ccc2[nH]c(=O)c(CN(CCCO)C(=O)Nc3ccc(F)cc3)cc2c1. The third-order valence-corrected chi connectivity index (χ3v) is 4.72. The fourth-order valence-electron chi connectivity index (χ4n) is 3.09. The second-order valence-corrected chi connectivity index (χ2v) is 6.83. The van der Waals surface area contributed by atoms with Gasteiger partial charge in [-0.2, -0.15) is 0 Å². The number of carbonyl (C=O) groups excluding carboxylic acids is 1. The summed E-state index contributed by atoms with van der Waals surface area (Å²) in [6.07, 6.45) is 1.26. The fourth-order valence-corrected chi connectivity index (χ4v) is 3.09. The highest BCUT2D eigenvalue weighted by molar-refractivity contribution is 5.89. The van der Waals surface area contributed by atoms with Gasteiger partial charge < -0.3 is 20.3 Å². The van der Waals surface area contributed by atoms with Crippen molar-refractivity contribution >= 4 is 22.6 Å². The summed E-state index contributed by atoms with van der Waals surface area (Å²) < 4.78 is 13.1. The van der Waals surface area contributed by atoms with Crippen LogP contribution >= 0.6 is 0 Å². The van der Waals surface area contributed by atoms with Gasteiger partial charge in [0.25, 0.3) is 5.56 Å². The van der Waals surface area contributed by atoms with Gasteiger partial charge in [0.15, 0.2) is 0 Å². The first kappa shape index (κ1) is 20.5. The highest BCUT2D eigenvalue weighted by atomic mass is 19.1. The molecule has 0 aliphatic rings. The smallest absolute Gasteiger partial charge is 0.322 e. The molecule has 152 valence electrons. The summed E-state index contributed by atoms with van der Waals surface area (Å²) in [4.78, 5) is 29.5. The maximum atomic E-state index is 13.1. The Balaban J connectivity index is 1.85. The van der Waals surface area contributed by atoms with Crippen LogP contribution in [0.15, 0.2) is 53.3 Å². The number of hydrogen-bond acceptors (Lipinski definition) is 3. The number of aryl methyl sites for hydroxylation is 1. The summed E-state index contributed by atoms with van der Waals surface area (Å²) in [5.74, 6) is -0.394. The Bertz CT molecular complexity index is 1050. The molecule has 0 aliphatic heterocycles. The maximum Gasteiger partial charge on any atom is 0.322 e. The lowest BCUT2D eigenvalue weighted by molar-refractivity contribution is 0.199. The van der Waals surface area contributed by atoms with Crippen LogP contribution in [0.4, 0.5) is 14.9 Å². The number of nitrogens with one attached hydrogen (secondary N) is 2. The number of nitrogens with zero attached hydrogens (tertiary/aromatic N) is 1. The van der Waals surface area contributed by atoms with E-state index in [1.807, 2.05) is 18.2 Å². The molecule has 0 fully saturated rings. The van der Waals surface area contributed by atoms with Crippen LogP contribution in [-0.2, 0) is 13.0 Å². The minimum Gasteiger partial charge on any atom is -0.396 e. The molecule has 0 atom stereocenters. The first-order valence-electron chi connectivity index (χ1n) is 9.57. The average Bonchev–Trinajstić information content (AvgIpc) is 2.72. The van der Waals surface area contributed by atoms with Crippen LogP contribution in [-0.4, -0.2) is 34.2 Å². The van der Waals surface area contributed by atoms with Crippen LogP contribution in [0.5, 0.6) is 0 Å². The Labute approximate surface area is 168 Å². The third kappa shape index (κ3) is 5.20. The normalized spacial score (nSPS) is 10.9. The number of benzene rings is 2. The first-order valence-corrected chi connectivity index (χ1v) is 9.57. The van der Waals surface area contributed by atoms with Crippen LogP contribution in [0.2, 0.25) is 0 Å². The molecular formula is C22H24FN3O3. The highest BCUT2D eigenvalue weighted by Crippen LogP contribution is 2.16. The molecule has 0 unspecified atom stereocenters. The number of amides is 2. The van der Waals surface area contributed by atoms with Crippen LogP contribution < -0.4 is 10.9 Å². The van der Waals surface area contributed by atoms with Crippen LogP contribution in [0, 0.1) is 5.82 Å². The zero-order valence-corrected chi connectivity index (χ0v) is 16.2. The quantitative estimate of drug-likeness (QED) is 0.569. The number of pyridine rings is 1. The number of halogens is 1. The lowest BCUT2D eigenvalue weighted by atomic mass is 10.1. The number of anilines is 1. The van der Waals surface area contributed by atoms with E-state index in [-0.39, 0.29) is 25.3 Å². The van der Waals surface area contributed by atoms with E-state index in [1.54, 1.807) is 6.07 Å². The Kier molecular flexibility index (Phi) is 6.61. The number of aromatic amines is 1. The van der Waals surface area contributed by atoms with Crippen molar-refractivity contribution in [3.05, 3.63) is 75.8 Å². The Morgan fingerprint density at radius 1 is 1.17 bits per heavy atom. The molecule has 2 aromatic carbocycles. The Hall–Kier alpha value is -3.19. The number of aromatic nitrogens is 1. The monoisotopic (exact) mass is 397 g/mol. The lowest BCUT2D eigenvalue weighted by Gasteiger charge is -2.23. The van der Waals surface area contributed by atoms with Crippen molar-refractivity contribution in [3.8, 4) is 0 Å². The van der Waals surface area contributed by atoms with Gasteiger partial charge in [-0.15, -0.1) is 0 Å². The molecule has 3 aromatic rings.